The molecule has 1 N–H and O–H groups in total. The summed E-state index contributed by atoms with van der Waals surface area (Å²) >= 11 is 0. The number of ether oxygens (including phenoxy) is 1. The van der Waals surface area contributed by atoms with Crippen molar-refractivity contribution < 1.29 is 74.2 Å². The minimum atomic E-state index is -4.41. The second-order valence-corrected chi connectivity index (χ2v) is 7.74. The third kappa shape index (κ3) is 8.64. The van der Waals surface area contributed by atoms with Gasteiger partial charge in [-0.05, 0) is 42.7 Å². The van der Waals surface area contributed by atoms with Crippen LogP contribution in [-0.4, -0.2) is 13.0 Å². The van der Waals surface area contributed by atoms with E-state index in [1.807, 2.05) is 0 Å². The zero-order valence-electron chi connectivity index (χ0n) is 16.0. The molecule has 0 spiro atoms. The van der Waals surface area contributed by atoms with Gasteiger partial charge in [0.2, 0.25) is 0 Å². The molecule has 7 heteroatoms. The van der Waals surface area contributed by atoms with Crippen LogP contribution in [-0.2, 0) is 16.5 Å². The zero-order valence-corrected chi connectivity index (χ0v) is 19.9. The Labute approximate surface area is 204 Å². The number of hydrogen-bond acceptors (Lipinski definition) is 4. The summed E-state index contributed by atoms with van der Waals surface area (Å²) in [6, 6.07) is 10.4. The van der Waals surface area contributed by atoms with E-state index in [4.69, 9.17) is 4.74 Å². The third-order valence-electron chi connectivity index (χ3n) is 4.16. The molecule has 27 heavy (non-hydrogen) atoms. The van der Waals surface area contributed by atoms with E-state index in [-0.39, 0.29) is 67.8 Å². The van der Waals surface area contributed by atoms with Crippen LogP contribution in [0.25, 0.3) is 0 Å². The largest absolute Gasteiger partial charge is 1.00 e. The second kappa shape index (κ2) is 12.2. The Morgan fingerprint density at radius 1 is 0.963 bits per heavy atom. The summed E-state index contributed by atoms with van der Waals surface area (Å²) < 4.78 is 38.5. The van der Waals surface area contributed by atoms with Gasteiger partial charge in [0.15, 0.2) is 0 Å². The van der Waals surface area contributed by atoms with E-state index >= 15 is 0 Å². The van der Waals surface area contributed by atoms with Crippen molar-refractivity contribution in [3.63, 3.8) is 0 Å². The molecule has 5 nitrogen and oxygen atoms in total. The van der Waals surface area contributed by atoms with Gasteiger partial charge < -0.3 is 9.84 Å². The van der Waals surface area contributed by atoms with Crippen molar-refractivity contribution in [1.82, 2.24) is 0 Å². The maximum absolute atomic E-state index is 11.7. The molecule has 2 aromatic rings. The quantitative estimate of drug-likeness (QED) is 0.362. The molecular weight excluding hydrogens is 391 g/mol. The molecule has 0 aliphatic rings. The summed E-state index contributed by atoms with van der Waals surface area (Å²) in [6.45, 7) is 2.18. The fourth-order valence-electron chi connectivity index (χ4n) is 2.74. The first-order valence-electron chi connectivity index (χ1n) is 8.95. The van der Waals surface area contributed by atoms with Crippen LogP contribution in [0.2, 0.25) is 0 Å². The summed E-state index contributed by atoms with van der Waals surface area (Å²) in [5, 5.41) is 11.1. The van der Waals surface area contributed by atoms with Gasteiger partial charge in [-0.25, -0.2) is 0 Å². The number of aryl methyl sites for hydroxylation is 1. The number of benzene rings is 2. The molecule has 0 heterocycles. The van der Waals surface area contributed by atoms with Crippen molar-refractivity contribution in [2.75, 3.05) is 0 Å². The molecule has 0 fully saturated rings. The third-order valence-corrected chi connectivity index (χ3v) is 5.03. The Morgan fingerprint density at radius 3 is 2.22 bits per heavy atom. The van der Waals surface area contributed by atoms with E-state index in [9.17, 15) is 18.1 Å². The van der Waals surface area contributed by atoms with Crippen LogP contribution < -0.4 is 61.2 Å². The Hall–Kier alpha value is -0.414. The minimum absolute atomic E-state index is 0. The van der Waals surface area contributed by atoms with Crippen LogP contribution >= 0.6 is 0 Å². The van der Waals surface area contributed by atoms with Gasteiger partial charge in [0.25, 0.3) is 10.1 Å². The van der Waals surface area contributed by atoms with E-state index in [1.54, 1.807) is 12.1 Å². The van der Waals surface area contributed by atoms with Gasteiger partial charge in [-0.3, -0.25) is 4.55 Å². The van der Waals surface area contributed by atoms with Crippen LogP contribution in [0.1, 0.15) is 51.0 Å². The Bertz CT molecular complexity index is 804. The van der Waals surface area contributed by atoms with Gasteiger partial charge >= 0.3 is 51.4 Å². The van der Waals surface area contributed by atoms with Crippen molar-refractivity contribution in [1.29, 1.82) is 0 Å². The summed E-state index contributed by atoms with van der Waals surface area (Å²) in [4.78, 5) is -0.257. The van der Waals surface area contributed by atoms with Gasteiger partial charge in [0.05, 0.1) is 0 Å². The SMILES string of the molecule is CCCCCCCCc1ccc(Oc2ccc([O-])cc2)c(S(=O)(=O)O)c1.[K+]. The molecule has 0 unspecified atom stereocenters. The van der Waals surface area contributed by atoms with Gasteiger partial charge in [-0.15, -0.1) is 5.75 Å². The fraction of sp³-hybridized carbons (Fsp3) is 0.400. The summed E-state index contributed by atoms with van der Waals surface area (Å²) in [7, 11) is -4.41. The molecular formula is C20H25KO5S. The topological polar surface area (TPSA) is 86.7 Å². The van der Waals surface area contributed by atoms with Crippen LogP contribution in [0.15, 0.2) is 47.4 Å². The van der Waals surface area contributed by atoms with E-state index in [0.29, 0.717) is 5.75 Å². The first kappa shape index (κ1) is 24.6. The molecule has 0 atom stereocenters. The van der Waals surface area contributed by atoms with Gasteiger partial charge in [0.1, 0.15) is 16.4 Å². The van der Waals surface area contributed by atoms with Crippen molar-refractivity contribution in [2.45, 2.75) is 56.8 Å². The normalized spacial score (nSPS) is 11.0. The molecule has 0 aromatic heterocycles. The molecule has 0 amide bonds. The maximum Gasteiger partial charge on any atom is 1.00 e. The van der Waals surface area contributed by atoms with E-state index in [0.717, 1.165) is 24.8 Å². The number of rotatable bonds is 10. The fourth-order valence-corrected chi connectivity index (χ4v) is 3.40. The van der Waals surface area contributed by atoms with E-state index in [1.165, 1.54) is 56.0 Å². The van der Waals surface area contributed by atoms with Crippen LogP contribution in [0, 0.1) is 0 Å². The molecule has 2 aromatic carbocycles. The van der Waals surface area contributed by atoms with Crippen molar-refractivity contribution in [3.05, 3.63) is 48.0 Å². The van der Waals surface area contributed by atoms with Gasteiger partial charge in [-0.2, -0.15) is 8.42 Å². The first-order valence-corrected chi connectivity index (χ1v) is 10.4. The second-order valence-electron chi connectivity index (χ2n) is 6.35. The van der Waals surface area contributed by atoms with Gasteiger partial charge in [-0.1, -0.05) is 57.2 Å². The van der Waals surface area contributed by atoms with Gasteiger partial charge in [0, 0.05) is 0 Å². The molecule has 0 bridgehead atoms. The standard InChI is InChI=1S/C20H26O5S.K/c1-2-3-4-5-6-7-8-16-9-14-19(20(15-16)26(22,23)24)25-18-12-10-17(21)11-13-18;/h9-15,21H,2-8H2,1H3,(H,22,23,24);/q;+1/p-1. The molecule has 2 rings (SSSR count). The molecule has 142 valence electrons. The first-order chi connectivity index (χ1) is 12.4. The number of hydrogen-bond donors (Lipinski definition) is 1. The van der Waals surface area contributed by atoms with Crippen molar-refractivity contribution in [2.24, 2.45) is 0 Å². The average molecular weight is 417 g/mol. The summed E-state index contributed by atoms with van der Waals surface area (Å²) in [5.74, 6) is 0.206. The van der Waals surface area contributed by atoms with E-state index < -0.39 is 10.1 Å². The number of unbranched alkanes of at least 4 members (excludes halogenated alkanes) is 5. The van der Waals surface area contributed by atoms with Crippen LogP contribution in [0.3, 0.4) is 0 Å². The average Bonchev–Trinajstić information content (AvgIpc) is 2.60. The monoisotopic (exact) mass is 416 g/mol. The van der Waals surface area contributed by atoms with Crippen molar-refractivity contribution >= 4 is 10.1 Å². The maximum atomic E-state index is 11.7. The molecule has 0 saturated heterocycles. The summed E-state index contributed by atoms with van der Waals surface area (Å²) in [5.41, 5.74) is 0.843. The smallest absolute Gasteiger partial charge is 0.872 e. The minimum Gasteiger partial charge on any atom is -0.872 e. The Balaban J connectivity index is 0.00000364. The predicted molar refractivity (Wildman–Crippen MR) is 99.3 cm³/mol. The Kier molecular flexibility index (Phi) is 11.1. The van der Waals surface area contributed by atoms with Crippen LogP contribution in [0.4, 0.5) is 0 Å². The molecule has 0 aliphatic heterocycles. The van der Waals surface area contributed by atoms with E-state index in [2.05, 4.69) is 6.92 Å². The molecule has 0 radical (unpaired) electrons. The predicted octanol–water partition coefficient (Wildman–Crippen LogP) is 1.71. The molecule has 0 aliphatic carbocycles. The Morgan fingerprint density at radius 2 is 1.59 bits per heavy atom. The van der Waals surface area contributed by atoms with Crippen molar-refractivity contribution in [3.8, 4) is 17.2 Å². The van der Waals surface area contributed by atoms with Crippen LogP contribution in [0.5, 0.6) is 17.2 Å². The molecule has 0 saturated carbocycles. The summed E-state index contributed by atoms with van der Waals surface area (Å²) in [6.07, 6.45) is 7.67. The zero-order chi connectivity index (χ0) is 19.0.